The van der Waals surface area contributed by atoms with E-state index in [0.29, 0.717) is 0 Å². The summed E-state index contributed by atoms with van der Waals surface area (Å²) in [7, 11) is 3.49. The van der Waals surface area contributed by atoms with Crippen LogP contribution in [-0.2, 0) is 25.3 Å². The zero-order valence-electron chi connectivity index (χ0n) is 10.1. The number of nitrogens with two attached hydrogens (primary N) is 1. The van der Waals surface area contributed by atoms with Crippen LogP contribution in [0.1, 0.15) is 39.5 Å². The molecule has 14 heavy (non-hydrogen) atoms. The summed E-state index contributed by atoms with van der Waals surface area (Å²) >= 11 is -1.45. The van der Waals surface area contributed by atoms with Crippen molar-refractivity contribution in [3.63, 3.8) is 0 Å². The maximum absolute atomic E-state index is 5.15. The van der Waals surface area contributed by atoms with Gasteiger partial charge in [-0.1, -0.05) is 13.3 Å². The molecule has 0 atom stereocenters. The number of unbranched alkanes of at least 4 members (excludes halogenated alkanes) is 2. The Kier molecular flexibility index (Phi) is 19.5. The number of hydrogen-bond acceptors (Lipinski definition) is 3. The molecule has 0 aromatic rings. The maximum atomic E-state index is 5.15. The summed E-state index contributed by atoms with van der Waals surface area (Å²) in [6, 6.07) is 0. The first kappa shape index (κ1) is 17.0. The van der Waals surface area contributed by atoms with Gasteiger partial charge in [0, 0.05) is 0 Å². The van der Waals surface area contributed by atoms with E-state index >= 15 is 0 Å². The van der Waals surface area contributed by atoms with Crippen LogP contribution in [-0.4, -0.2) is 20.8 Å². The summed E-state index contributed by atoms with van der Waals surface area (Å²) in [6.07, 6.45) is 4.87. The Labute approximate surface area is 96.1 Å². The van der Waals surface area contributed by atoms with Gasteiger partial charge >= 0.3 is 64.0 Å². The van der Waals surface area contributed by atoms with Crippen LogP contribution in [0.2, 0.25) is 4.73 Å². The molecule has 0 unspecified atom stereocenters. The fourth-order valence-electron chi connectivity index (χ4n) is 0.813. The Morgan fingerprint density at radius 2 is 1.50 bits per heavy atom. The quantitative estimate of drug-likeness (QED) is 0.696. The van der Waals surface area contributed by atoms with E-state index in [0.717, 1.165) is 6.54 Å². The van der Waals surface area contributed by atoms with Crippen LogP contribution in [0.3, 0.4) is 0 Å². The molecule has 0 aliphatic rings. The van der Waals surface area contributed by atoms with Gasteiger partial charge in [0.25, 0.3) is 0 Å². The molecule has 2 N–H and O–H groups in total. The van der Waals surface area contributed by atoms with E-state index < -0.39 is 18.6 Å². The molecular weight excluding hydrogens is 214 g/mol. The van der Waals surface area contributed by atoms with E-state index in [-0.39, 0.29) is 0 Å². The second-order valence-electron chi connectivity index (χ2n) is 3.03. The van der Waals surface area contributed by atoms with Gasteiger partial charge in [-0.25, -0.2) is 0 Å². The fourth-order valence-corrected chi connectivity index (χ4v) is 2.71. The van der Waals surface area contributed by atoms with Crippen LogP contribution in [0.4, 0.5) is 0 Å². The third-order valence-corrected chi connectivity index (χ3v) is 4.36. The molecule has 0 aromatic carbocycles. The Morgan fingerprint density at radius 1 is 1.00 bits per heavy atom. The van der Waals surface area contributed by atoms with Crippen molar-refractivity contribution < 1.29 is 25.3 Å². The SMILES string of the molecule is CCCCN.CCC[CH2][Ti]([O]C)[O]C. The third kappa shape index (κ3) is 15.1. The molecule has 0 fully saturated rings. The predicted octanol–water partition coefficient (Wildman–Crippen LogP) is 2.69. The van der Waals surface area contributed by atoms with E-state index in [9.17, 15) is 0 Å². The van der Waals surface area contributed by atoms with Crippen molar-refractivity contribution in [1.29, 1.82) is 0 Å². The van der Waals surface area contributed by atoms with Crippen molar-refractivity contribution in [2.45, 2.75) is 44.3 Å². The summed E-state index contributed by atoms with van der Waals surface area (Å²) in [5.41, 5.74) is 5.14. The summed E-state index contributed by atoms with van der Waals surface area (Å²) in [5.74, 6) is 0. The van der Waals surface area contributed by atoms with Gasteiger partial charge in [-0.05, 0) is 13.0 Å². The molecule has 0 aliphatic carbocycles. The van der Waals surface area contributed by atoms with Crippen molar-refractivity contribution in [2.24, 2.45) is 5.73 Å². The molecule has 0 amide bonds. The molecule has 0 radical (unpaired) electrons. The van der Waals surface area contributed by atoms with Crippen molar-refractivity contribution in [1.82, 2.24) is 0 Å². The van der Waals surface area contributed by atoms with Gasteiger partial charge in [0.2, 0.25) is 0 Å². The minimum absolute atomic E-state index is 0.844. The van der Waals surface area contributed by atoms with Gasteiger partial charge in [-0.2, -0.15) is 0 Å². The first-order valence-corrected chi connectivity index (χ1v) is 7.78. The van der Waals surface area contributed by atoms with Gasteiger partial charge < -0.3 is 5.73 Å². The molecule has 87 valence electrons. The molecule has 0 aliphatic heterocycles. The molecular formula is C10H26NO2Ti. The first-order valence-electron chi connectivity index (χ1n) is 5.40. The molecule has 4 heteroatoms. The standard InChI is InChI=1S/C4H11N.C4H9.2CH3O.Ti/c1-2-3-4-5;1-3-4-2;2*1-2;/h2-5H2,1H3;1,3-4H2,2H3;2*1H3;/q;;2*-1;+2. The van der Waals surface area contributed by atoms with Crippen LogP contribution in [0, 0.1) is 0 Å². The minimum atomic E-state index is -1.45. The van der Waals surface area contributed by atoms with E-state index in [1.807, 2.05) is 0 Å². The normalized spacial score (nSPS) is 9.21. The summed E-state index contributed by atoms with van der Waals surface area (Å²) in [5, 5.41) is 0. The van der Waals surface area contributed by atoms with E-state index in [4.69, 9.17) is 12.4 Å². The van der Waals surface area contributed by atoms with Crippen molar-refractivity contribution >= 4 is 0 Å². The Bertz CT molecular complexity index is 88.2. The Hall–Kier alpha value is 0.594. The molecule has 0 heterocycles. The molecule has 0 bridgehead atoms. The average molecular weight is 240 g/mol. The van der Waals surface area contributed by atoms with Gasteiger partial charge in [-0.3, -0.25) is 0 Å². The molecule has 0 saturated carbocycles. The van der Waals surface area contributed by atoms with Gasteiger partial charge in [0.1, 0.15) is 0 Å². The van der Waals surface area contributed by atoms with Crippen LogP contribution in [0.15, 0.2) is 0 Å². The van der Waals surface area contributed by atoms with Gasteiger partial charge in [-0.15, -0.1) is 0 Å². The van der Waals surface area contributed by atoms with Crippen LogP contribution >= 0.6 is 0 Å². The summed E-state index contributed by atoms with van der Waals surface area (Å²) < 4.78 is 11.5. The predicted molar refractivity (Wildman–Crippen MR) is 57.7 cm³/mol. The molecule has 0 spiro atoms. The summed E-state index contributed by atoms with van der Waals surface area (Å²) in [4.78, 5) is 0. The number of hydrogen-bond donors (Lipinski definition) is 1. The monoisotopic (exact) mass is 240 g/mol. The van der Waals surface area contributed by atoms with Crippen LogP contribution in [0.5, 0.6) is 0 Å². The van der Waals surface area contributed by atoms with Crippen LogP contribution < -0.4 is 5.73 Å². The topological polar surface area (TPSA) is 44.5 Å². The average Bonchev–Trinajstić information content (AvgIpc) is 2.22. The molecule has 0 saturated heterocycles. The van der Waals surface area contributed by atoms with E-state index in [1.165, 1.54) is 30.4 Å². The molecule has 0 rings (SSSR count). The Morgan fingerprint density at radius 3 is 1.71 bits per heavy atom. The van der Waals surface area contributed by atoms with Crippen LogP contribution in [0.25, 0.3) is 0 Å². The van der Waals surface area contributed by atoms with E-state index in [1.54, 1.807) is 14.2 Å². The zero-order chi connectivity index (χ0) is 11.2. The molecule has 3 nitrogen and oxygen atoms in total. The number of rotatable bonds is 7. The summed E-state index contributed by atoms with van der Waals surface area (Å²) in [6.45, 7) is 5.16. The van der Waals surface area contributed by atoms with Gasteiger partial charge in [0.15, 0.2) is 0 Å². The Balaban J connectivity index is 0. The fraction of sp³-hybridized carbons (Fsp3) is 1.00. The second-order valence-corrected chi connectivity index (χ2v) is 6.24. The van der Waals surface area contributed by atoms with E-state index in [2.05, 4.69) is 13.8 Å². The van der Waals surface area contributed by atoms with Gasteiger partial charge in [0.05, 0.1) is 0 Å². The van der Waals surface area contributed by atoms with Crippen molar-refractivity contribution in [3.8, 4) is 0 Å². The second kappa shape index (κ2) is 16.0. The third-order valence-electron chi connectivity index (χ3n) is 1.75. The van der Waals surface area contributed by atoms with Crippen molar-refractivity contribution in [3.05, 3.63) is 0 Å². The van der Waals surface area contributed by atoms with Crippen molar-refractivity contribution in [2.75, 3.05) is 20.8 Å². The zero-order valence-corrected chi connectivity index (χ0v) is 11.7. The first-order chi connectivity index (χ1) is 6.76. The molecule has 0 aromatic heterocycles.